The summed E-state index contributed by atoms with van der Waals surface area (Å²) in [7, 11) is 0. The highest BCUT2D eigenvalue weighted by molar-refractivity contribution is 5.77. The zero-order valence-corrected chi connectivity index (χ0v) is 11.0. The number of hydrogen-bond acceptors (Lipinski definition) is 2. The van der Waals surface area contributed by atoms with Crippen molar-refractivity contribution in [1.29, 1.82) is 0 Å². The van der Waals surface area contributed by atoms with Crippen LogP contribution >= 0.6 is 0 Å². The average molecular weight is 246 g/mol. The molecular weight excluding hydrogens is 224 g/mol. The second kappa shape index (κ2) is 5.53. The van der Waals surface area contributed by atoms with Crippen LogP contribution in [0.25, 0.3) is 0 Å². The fourth-order valence-corrected chi connectivity index (χ4v) is 2.28. The van der Waals surface area contributed by atoms with Gasteiger partial charge in [-0.2, -0.15) is 0 Å². The van der Waals surface area contributed by atoms with E-state index in [1.165, 1.54) is 5.56 Å². The van der Waals surface area contributed by atoms with Gasteiger partial charge in [-0.25, -0.2) is 0 Å². The molecule has 0 atom stereocenters. The molecule has 1 fully saturated rings. The van der Waals surface area contributed by atoms with E-state index in [0.717, 1.165) is 31.2 Å². The molecule has 3 nitrogen and oxygen atoms in total. The van der Waals surface area contributed by atoms with E-state index in [9.17, 15) is 4.79 Å². The summed E-state index contributed by atoms with van der Waals surface area (Å²) in [6.45, 7) is 2.73. The van der Waals surface area contributed by atoms with Gasteiger partial charge in [0.1, 0.15) is 0 Å². The lowest BCUT2D eigenvalue weighted by atomic mass is 9.75. The molecule has 0 saturated heterocycles. The van der Waals surface area contributed by atoms with Gasteiger partial charge in [0.25, 0.3) is 0 Å². The van der Waals surface area contributed by atoms with Crippen LogP contribution in [0, 0.1) is 0 Å². The Morgan fingerprint density at radius 1 is 1.28 bits per heavy atom. The van der Waals surface area contributed by atoms with Crippen LogP contribution in [0.2, 0.25) is 0 Å². The molecule has 0 heterocycles. The van der Waals surface area contributed by atoms with E-state index < -0.39 is 0 Å². The topological polar surface area (TPSA) is 55.1 Å². The van der Waals surface area contributed by atoms with E-state index in [1.807, 2.05) is 0 Å². The molecule has 18 heavy (non-hydrogen) atoms. The number of rotatable bonds is 5. The van der Waals surface area contributed by atoms with Gasteiger partial charge in [-0.05, 0) is 36.8 Å². The number of benzene rings is 1. The Kier molecular flexibility index (Phi) is 4.02. The maximum Gasteiger partial charge on any atom is 0.222 e. The summed E-state index contributed by atoms with van der Waals surface area (Å²) in [6, 6.07) is 8.36. The molecule has 0 radical (unpaired) electrons. The third-order valence-corrected chi connectivity index (χ3v) is 3.78. The van der Waals surface area contributed by atoms with Crippen molar-refractivity contribution in [1.82, 2.24) is 5.32 Å². The number of amides is 1. The van der Waals surface area contributed by atoms with Crippen LogP contribution < -0.4 is 11.1 Å². The van der Waals surface area contributed by atoms with Gasteiger partial charge < -0.3 is 11.1 Å². The molecule has 1 saturated carbocycles. The first-order chi connectivity index (χ1) is 8.61. The van der Waals surface area contributed by atoms with Gasteiger partial charge >= 0.3 is 0 Å². The molecule has 1 aromatic carbocycles. The van der Waals surface area contributed by atoms with Gasteiger partial charge in [-0.15, -0.1) is 0 Å². The summed E-state index contributed by atoms with van der Waals surface area (Å²) in [4.78, 5) is 11.8. The van der Waals surface area contributed by atoms with Crippen molar-refractivity contribution in [3.8, 4) is 0 Å². The predicted molar refractivity (Wildman–Crippen MR) is 73.1 cm³/mol. The number of aryl methyl sites for hydroxylation is 1. The normalized spacial score (nSPS) is 17.0. The third kappa shape index (κ3) is 3.33. The molecule has 98 valence electrons. The molecule has 0 bridgehead atoms. The molecule has 3 N–H and O–H groups in total. The second-order valence-corrected chi connectivity index (χ2v) is 5.34. The number of hydrogen-bond donors (Lipinski definition) is 2. The molecule has 2 rings (SSSR count). The zero-order chi connectivity index (χ0) is 13.0. The highest BCUT2D eigenvalue weighted by Gasteiger charge is 2.34. The second-order valence-electron chi connectivity index (χ2n) is 5.34. The Morgan fingerprint density at radius 2 is 1.89 bits per heavy atom. The average Bonchev–Trinajstić information content (AvgIpc) is 2.35. The van der Waals surface area contributed by atoms with Crippen molar-refractivity contribution >= 4 is 5.91 Å². The van der Waals surface area contributed by atoms with E-state index in [0.29, 0.717) is 13.0 Å². The lowest BCUT2D eigenvalue weighted by Crippen LogP contribution is -2.49. The smallest absolute Gasteiger partial charge is 0.222 e. The SMILES string of the molecule is CCc1ccc(CNC(=O)CC2(N)CCC2)cc1. The minimum absolute atomic E-state index is 0.0665. The lowest BCUT2D eigenvalue weighted by Gasteiger charge is -2.37. The van der Waals surface area contributed by atoms with E-state index in [1.54, 1.807) is 0 Å². The first-order valence-electron chi connectivity index (χ1n) is 6.75. The predicted octanol–water partition coefficient (Wildman–Crippen LogP) is 2.14. The summed E-state index contributed by atoms with van der Waals surface area (Å²) in [5.41, 5.74) is 8.28. The molecule has 0 spiro atoms. The zero-order valence-electron chi connectivity index (χ0n) is 11.0. The maximum atomic E-state index is 11.8. The quantitative estimate of drug-likeness (QED) is 0.836. The van der Waals surface area contributed by atoms with E-state index >= 15 is 0 Å². The number of nitrogens with two attached hydrogens (primary N) is 1. The maximum absolute atomic E-state index is 11.8. The van der Waals surface area contributed by atoms with Crippen molar-refractivity contribution in [2.75, 3.05) is 0 Å². The first kappa shape index (κ1) is 13.1. The van der Waals surface area contributed by atoms with Crippen molar-refractivity contribution in [3.63, 3.8) is 0 Å². The molecule has 1 aliphatic carbocycles. The Balaban J connectivity index is 1.78. The minimum Gasteiger partial charge on any atom is -0.352 e. The van der Waals surface area contributed by atoms with Crippen LogP contribution in [0.5, 0.6) is 0 Å². The molecule has 0 aromatic heterocycles. The lowest BCUT2D eigenvalue weighted by molar-refractivity contribution is -0.123. The van der Waals surface area contributed by atoms with Crippen molar-refractivity contribution in [2.45, 2.75) is 51.1 Å². The molecular formula is C15H22N2O. The number of nitrogens with one attached hydrogen (secondary N) is 1. The Morgan fingerprint density at radius 3 is 2.39 bits per heavy atom. The fourth-order valence-electron chi connectivity index (χ4n) is 2.28. The summed E-state index contributed by atoms with van der Waals surface area (Å²) < 4.78 is 0. The van der Waals surface area contributed by atoms with E-state index in [4.69, 9.17) is 5.73 Å². The molecule has 0 aliphatic heterocycles. The Labute approximate surface area is 109 Å². The minimum atomic E-state index is -0.226. The highest BCUT2D eigenvalue weighted by Crippen LogP contribution is 2.31. The van der Waals surface area contributed by atoms with Crippen molar-refractivity contribution in [2.24, 2.45) is 5.73 Å². The van der Waals surface area contributed by atoms with Gasteiger partial charge in [0.15, 0.2) is 0 Å². The molecule has 0 unspecified atom stereocenters. The molecule has 1 aromatic rings. The highest BCUT2D eigenvalue weighted by atomic mass is 16.1. The summed E-state index contributed by atoms with van der Waals surface area (Å²) >= 11 is 0. The van der Waals surface area contributed by atoms with Gasteiger partial charge in [0.05, 0.1) is 0 Å². The van der Waals surface area contributed by atoms with E-state index in [2.05, 4.69) is 36.5 Å². The van der Waals surface area contributed by atoms with Gasteiger partial charge in [-0.1, -0.05) is 31.2 Å². The molecule has 1 aliphatic rings. The van der Waals surface area contributed by atoms with Crippen LogP contribution in [-0.2, 0) is 17.8 Å². The summed E-state index contributed by atoms with van der Waals surface area (Å²) in [6.07, 6.45) is 4.61. The van der Waals surface area contributed by atoms with Crippen LogP contribution in [-0.4, -0.2) is 11.4 Å². The largest absolute Gasteiger partial charge is 0.352 e. The molecule has 3 heteroatoms. The fraction of sp³-hybridized carbons (Fsp3) is 0.533. The first-order valence-corrected chi connectivity index (χ1v) is 6.75. The summed E-state index contributed by atoms with van der Waals surface area (Å²) in [5.74, 6) is 0.0665. The monoisotopic (exact) mass is 246 g/mol. The van der Waals surface area contributed by atoms with Gasteiger partial charge in [0.2, 0.25) is 5.91 Å². The molecule has 1 amide bonds. The number of carbonyl (C=O) groups is 1. The standard InChI is InChI=1S/C15H22N2O/c1-2-12-4-6-13(7-5-12)11-17-14(18)10-15(16)8-3-9-15/h4-7H,2-3,8-11,16H2,1H3,(H,17,18). The third-order valence-electron chi connectivity index (χ3n) is 3.78. The van der Waals surface area contributed by atoms with Crippen LogP contribution in [0.15, 0.2) is 24.3 Å². The Bertz CT molecular complexity index is 407. The van der Waals surface area contributed by atoms with Gasteiger partial charge in [0, 0.05) is 18.5 Å². The van der Waals surface area contributed by atoms with Gasteiger partial charge in [-0.3, -0.25) is 4.79 Å². The van der Waals surface area contributed by atoms with Crippen molar-refractivity contribution in [3.05, 3.63) is 35.4 Å². The van der Waals surface area contributed by atoms with Crippen LogP contribution in [0.3, 0.4) is 0 Å². The van der Waals surface area contributed by atoms with E-state index in [-0.39, 0.29) is 11.4 Å². The number of carbonyl (C=O) groups excluding carboxylic acids is 1. The van der Waals surface area contributed by atoms with Crippen molar-refractivity contribution < 1.29 is 4.79 Å². The van der Waals surface area contributed by atoms with Crippen LogP contribution in [0.4, 0.5) is 0 Å². The summed E-state index contributed by atoms with van der Waals surface area (Å²) in [5, 5.41) is 2.94. The Hall–Kier alpha value is -1.35. The van der Waals surface area contributed by atoms with Crippen LogP contribution in [0.1, 0.15) is 43.7 Å².